The van der Waals surface area contributed by atoms with Gasteiger partial charge >= 0.3 is 0 Å². The average Bonchev–Trinajstić information content (AvgIpc) is 2.73. The smallest absolute Gasteiger partial charge is 0.199 e. The molecule has 29 heavy (non-hydrogen) atoms. The van der Waals surface area contributed by atoms with Gasteiger partial charge in [0.25, 0.3) is 0 Å². The lowest BCUT2D eigenvalue weighted by atomic mass is 10.0. The summed E-state index contributed by atoms with van der Waals surface area (Å²) in [6.45, 7) is 2.75. The molecule has 5 rings (SSSR count). The van der Waals surface area contributed by atoms with Crippen LogP contribution in [0.1, 0.15) is 6.92 Å². The van der Waals surface area contributed by atoms with Crippen LogP contribution >= 0.6 is 0 Å². The first-order chi connectivity index (χ1) is 14.0. The lowest BCUT2D eigenvalue weighted by molar-refractivity contribution is 0.821. The van der Waals surface area contributed by atoms with Crippen molar-refractivity contribution in [2.45, 2.75) is 13.5 Å². The van der Waals surface area contributed by atoms with Crippen molar-refractivity contribution in [1.29, 1.82) is 0 Å². The molecule has 5 heteroatoms. The SMILES string of the molecule is CCn1c2ccccc2c(=O)c2c(N(C)C)c3[nH]c4ccccc4c(=O)c3cc21. The predicted molar refractivity (Wildman–Crippen MR) is 121 cm³/mol. The molecule has 5 nitrogen and oxygen atoms in total. The Kier molecular flexibility index (Phi) is 3.74. The highest BCUT2D eigenvalue weighted by atomic mass is 16.1. The summed E-state index contributed by atoms with van der Waals surface area (Å²) in [6.07, 6.45) is 0. The van der Waals surface area contributed by atoms with Gasteiger partial charge in [0.05, 0.1) is 33.0 Å². The Morgan fingerprint density at radius 3 is 2.28 bits per heavy atom. The minimum Gasteiger partial charge on any atom is -0.375 e. The fraction of sp³-hybridized carbons (Fsp3) is 0.167. The van der Waals surface area contributed by atoms with Crippen LogP contribution in [-0.2, 0) is 6.54 Å². The first-order valence-corrected chi connectivity index (χ1v) is 9.73. The Hall–Kier alpha value is -3.60. The van der Waals surface area contributed by atoms with Crippen molar-refractivity contribution in [3.63, 3.8) is 0 Å². The number of nitrogens with zero attached hydrogens (tertiary/aromatic N) is 2. The lowest BCUT2D eigenvalue weighted by Gasteiger charge is -2.21. The van der Waals surface area contributed by atoms with Crippen LogP contribution in [0.5, 0.6) is 0 Å². The maximum absolute atomic E-state index is 13.5. The van der Waals surface area contributed by atoms with Crippen molar-refractivity contribution in [2.75, 3.05) is 19.0 Å². The molecule has 0 spiro atoms. The van der Waals surface area contributed by atoms with E-state index in [1.807, 2.05) is 73.6 Å². The van der Waals surface area contributed by atoms with Crippen LogP contribution < -0.4 is 15.8 Å². The summed E-state index contributed by atoms with van der Waals surface area (Å²) in [7, 11) is 3.82. The number of aromatic amines is 1. The molecule has 0 aliphatic carbocycles. The summed E-state index contributed by atoms with van der Waals surface area (Å²) in [6, 6.07) is 17.0. The second kappa shape index (κ2) is 6.21. The number of para-hydroxylation sites is 2. The maximum atomic E-state index is 13.5. The number of anilines is 1. The number of nitrogens with one attached hydrogen (secondary N) is 1. The van der Waals surface area contributed by atoms with E-state index < -0.39 is 0 Å². The van der Waals surface area contributed by atoms with Gasteiger partial charge in [-0.15, -0.1) is 0 Å². The lowest BCUT2D eigenvalue weighted by Crippen LogP contribution is -2.19. The largest absolute Gasteiger partial charge is 0.375 e. The number of pyridine rings is 2. The third-order valence-corrected chi connectivity index (χ3v) is 5.68. The van der Waals surface area contributed by atoms with Crippen LogP contribution in [-0.4, -0.2) is 23.6 Å². The Labute approximate surface area is 166 Å². The third-order valence-electron chi connectivity index (χ3n) is 5.68. The number of rotatable bonds is 2. The topological polar surface area (TPSA) is 58.1 Å². The molecule has 1 N–H and O–H groups in total. The normalized spacial score (nSPS) is 11.7. The van der Waals surface area contributed by atoms with Crippen molar-refractivity contribution in [3.8, 4) is 0 Å². The number of fused-ring (bicyclic) bond motifs is 4. The molecule has 2 heterocycles. The summed E-state index contributed by atoms with van der Waals surface area (Å²) in [5, 5.41) is 2.56. The van der Waals surface area contributed by atoms with E-state index in [-0.39, 0.29) is 10.9 Å². The van der Waals surface area contributed by atoms with E-state index in [2.05, 4.69) is 16.5 Å². The zero-order chi connectivity index (χ0) is 20.3. The molecule has 0 bridgehead atoms. The van der Waals surface area contributed by atoms with Gasteiger partial charge in [-0.2, -0.15) is 0 Å². The van der Waals surface area contributed by atoms with E-state index in [9.17, 15) is 9.59 Å². The summed E-state index contributed by atoms with van der Waals surface area (Å²) in [4.78, 5) is 32.2. The van der Waals surface area contributed by atoms with Gasteiger partial charge in [0.2, 0.25) is 0 Å². The molecule has 144 valence electrons. The molecule has 2 aromatic heterocycles. The summed E-state index contributed by atoms with van der Waals surface area (Å²) in [5.74, 6) is 0. The van der Waals surface area contributed by atoms with Crippen LogP contribution in [0.25, 0.3) is 43.6 Å². The van der Waals surface area contributed by atoms with Gasteiger partial charge < -0.3 is 14.5 Å². The molecule has 0 radical (unpaired) electrons. The number of aryl methyl sites for hydroxylation is 1. The summed E-state index contributed by atoms with van der Waals surface area (Å²) < 4.78 is 2.12. The molecule has 0 fully saturated rings. The van der Waals surface area contributed by atoms with E-state index in [0.717, 1.165) is 22.2 Å². The molecule has 0 saturated heterocycles. The van der Waals surface area contributed by atoms with Crippen molar-refractivity contribution in [2.24, 2.45) is 0 Å². The summed E-state index contributed by atoms with van der Waals surface area (Å²) >= 11 is 0. The molecule has 5 aromatic rings. The Morgan fingerprint density at radius 1 is 0.862 bits per heavy atom. The quantitative estimate of drug-likeness (QED) is 0.464. The standard InChI is InChI=1S/C24H21N3O2/c1-4-27-18-12-8-6-10-15(18)24(29)20-19(27)13-16-21(22(20)26(2)3)25-17-11-7-5-9-14(17)23(16)28/h5-13H,4H2,1-3H3,(H,25,28). The molecule has 3 aromatic carbocycles. The van der Waals surface area contributed by atoms with Gasteiger partial charge in [-0.3, -0.25) is 9.59 Å². The number of benzene rings is 3. The first-order valence-electron chi connectivity index (χ1n) is 9.73. The minimum absolute atomic E-state index is 0.0140. The molecule has 0 atom stereocenters. The number of H-pyrrole nitrogens is 1. The summed E-state index contributed by atoms with van der Waals surface area (Å²) in [5.41, 5.74) is 3.84. The molecule has 0 amide bonds. The monoisotopic (exact) mass is 383 g/mol. The van der Waals surface area contributed by atoms with Gasteiger partial charge in [0, 0.05) is 36.9 Å². The number of hydrogen-bond acceptors (Lipinski definition) is 3. The van der Waals surface area contributed by atoms with Crippen molar-refractivity contribution < 1.29 is 0 Å². The maximum Gasteiger partial charge on any atom is 0.199 e. The van der Waals surface area contributed by atoms with E-state index in [0.29, 0.717) is 33.6 Å². The van der Waals surface area contributed by atoms with E-state index >= 15 is 0 Å². The van der Waals surface area contributed by atoms with Crippen molar-refractivity contribution in [3.05, 3.63) is 75.0 Å². The molecular formula is C24H21N3O2. The highest BCUT2D eigenvalue weighted by Gasteiger charge is 2.20. The average molecular weight is 383 g/mol. The number of hydrogen-bond donors (Lipinski definition) is 1. The first kappa shape index (κ1) is 17.5. The van der Waals surface area contributed by atoms with Crippen LogP contribution in [0.2, 0.25) is 0 Å². The molecule has 0 aliphatic heterocycles. The Bertz CT molecular complexity index is 1560. The Balaban J connectivity index is 2.17. The highest BCUT2D eigenvalue weighted by Crippen LogP contribution is 2.33. The second-order valence-electron chi connectivity index (χ2n) is 7.53. The zero-order valence-corrected chi connectivity index (χ0v) is 16.6. The van der Waals surface area contributed by atoms with Gasteiger partial charge in [-0.05, 0) is 37.3 Å². The number of aromatic nitrogens is 2. The Morgan fingerprint density at radius 2 is 1.55 bits per heavy atom. The predicted octanol–water partition coefficient (Wildman–Crippen LogP) is 4.24. The van der Waals surface area contributed by atoms with Crippen LogP contribution in [0.3, 0.4) is 0 Å². The van der Waals surface area contributed by atoms with Gasteiger partial charge in [-0.1, -0.05) is 24.3 Å². The fourth-order valence-electron chi connectivity index (χ4n) is 4.42. The minimum atomic E-state index is -0.0254. The zero-order valence-electron chi connectivity index (χ0n) is 16.6. The van der Waals surface area contributed by atoms with E-state index in [1.165, 1.54) is 0 Å². The van der Waals surface area contributed by atoms with Gasteiger partial charge in [-0.25, -0.2) is 0 Å². The molecule has 0 saturated carbocycles. The van der Waals surface area contributed by atoms with E-state index in [1.54, 1.807) is 0 Å². The second-order valence-corrected chi connectivity index (χ2v) is 7.53. The van der Waals surface area contributed by atoms with Crippen LogP contribution in [0.4, 0.5) is 5.69 Å². The molecular weight excluding hydrogens is 362 g/mol. The molecule has 0 unspecified atom stereocenters. The highest BCUT2D eigenvalue weighted by molar-refractivity contribution is 6.13. The van der Waals surface area contributed by atoms with Crippen molar-refractivity contribution >= 4 is 49.3 Å². The van der Waals surface area contributed by atoms with Gasteiger partial charge in [0.1, 0.15) is 0 Å². The fourth-order valence-corrected chi connectivity index (χ4v) is 4.42. The third kappa shape index (κ3) is 2.34. The van der Waals surface area contributed by atoms with E-state index in [4.69, 9.17) is 0 Å². The molecule has 0 aliphatic rings. The van der Waals surface area contributed by atoms with Gasteiger partial charge in [0.15, 0.2) is 10.9 Å². The van der Waals surface area contributed by atoms with Crippen LogP contribution in [0, 0.1) is 0 Å². The van der Waals surface area contributed by atoms with Crippen LogP contribution in [0.15, 0.2) is 64.2 Å². The van der Waals surface area contributed by atoms with Crippen molar-refractivity contribution in [1.82, 2.24) is 9.55 Å².